The van der Waals surface area contributed by atoms with Gasteiger partial charge in [-0.05, 0) is 44.1 Å². The standard InChI is InChI=1S/C16H31NO2/c1-5-16(2,3)12-6-7-15(18)14(10-12)17(4)13-8-9-19-11-13/h12-15,18H,5-11H2,1-4H3. The van der Waals surface area contributed by atoms with Crippen LogP contribution in [0.5, 0.6) is 0 Å². The van der Waals surface area contributed by atoms with Crippen molar-refractivity contribution in [2.75, 3.05) is 20.3 Å². The summed E-state index contributed by atoms with van der Waals surface area (Å²) in [6.07, 6.45) is 5.44. The third kappa shape index (κ3) is 3.32. The van der Waals surface area contributed by atoms with Crippen LogP contribution in [-0.2, 0) is 4.74 Å². The molecule has 0 aromatic carbocycles. The van der Waals surface area contributed by atoms with Crippen molar-refractivity contribution in [1.29, 1.82) is 0 Å². The Morgan fingerprint density at radius 1 is 1.26 bits per heavy atom. The number of aliphatic hydroxyl groups is 1. The van der Waals surface area contributed by atoms with E-state index >= 15 is 0 Å². The molecule has 3 heteroatoms. The summed E-state index contributed by atoms with van der Waals surface area (Å²) in [6.45, 7) is 8.76. The summed E-state index contributed by atoms with van der Waals surface area (Å²) in [5, 5.41) is 10.4. The summed E-state index contributed by atoms with van der Waals surface area (Å²) in [4.78, 5) is 2.40. The maximum atomic E-state index is 10.4. The minimum atomic E-state index is -0.158. The van der Waals surface area contributed by atoms with Crippen LogP contribution in [0.4, 0.5) is 0 Å². The highest BCUT2D eigenvalue weighted by atomic mass is 16.5. The maximum Gasteiger partial charge on any atom is 0.0695 e. The van der Waals surface area contributed by atoms with Gasteiger partial charge in [0.15, 0.2) is 0 Å². The SMILES string of the molecule is CCC(C)(C)C1CCC(O)C(N(C)C2CCOC2)C1. The molecular formula is C16H31NO2. The Hall–Kier alpha value is -0.120. The van der Waals surface area contributed by atoms with E-state index in [1.807, 2.05) is 0 Å². The van der Waals surface area contributed by atoms with E-state index in [1.54, 1.807) is 0 Å². The van der Waals surface area contributed by atoms with Gasteiger partial charge in [0.25, 0.3) is 0 Å². The molecule has 0 bridgehead atoms. The van der Waals surface area contributed by atoms with E-state index in [9.17, 15) is 5.11 Å². The second-order valence-electron chi connectivity index (χ2n) is 7.17. The Kier molecular flexibility index (Phi) is 4.91. The average Bonchev–Trinajstić information content (AvgIpc) is 2.92. The van der Waals surface area contributed by atoms with E-state index in [0.717, 1.165) is 38.4 Å². The van der Waals surface area contributed by atoms with Crippen LogP contribution in [0.15, 0.2) is 0 Å². The van der Waals surface area contributed by atoms with Crippen LogP contribution < -0.4 is 0 Å². The molecule has 1 heterocycles. The van der Waals surface area contributed by atoms with E-state index in [-0.39, 0.29) is 6.10 Å². The van der Waals surface area contributed by atoms with E-state index in [4.69, 9.17) is 4.74 Å². The molecule has 1 saturated carbocycles. The van der Waals surface area contributed by atoms with E-state index in [2.05, 4.69) is 32.7 Å². The molecule has 112 valence electrons. The summed E-state index contributed by atoms with van der Waals surface area (Å²) in [5.74, 6) is 0.732. The molecule has 0 radical (unpaired) electrons. The largest absolute Gasteiger partial charge is 0.391 e. The van der Waals surface area contributed by atoms with Crippen molar-refractivity contribution in [3.8, 4) is 0 Å². The summed E-state index contributed by atoms with van der Waals surface area (Å²) < 4.78 is 5.50. The molecule has 0 aromatic rings. The Bertz CT molecular complexity index is 286. The van der Waals surface area contributed by atoms with Crippen molar-refractivity contribution >= 4 is 0 Å². The van der Waals surface area contributed by atoms with Crippen LogP contribution in [0, 0.1) is 11.3 Å². The third-order valence-corrected chi connectivity index (χ3v) is 5.80. The number of rotatable bonds is 4. The van der Waals surface area contributed by atoms with Crippen molar-refractivity contribution in [2.45, 2.75) is 71.1 Å². The monoisotopic (exact) mass is 269 g/mol. The third-order valence-electron chi connectivity index (χ3n) is 5.80. The number of hydrogen-bond acceptors (Lipinski definition) is 3. The molecule has 3 nitrogen and oxygen atoms in total. The van der Waals surface area contributed by atoms with Gasteiger partial charge >= 0.3 is 0 Å². The summed E-state index contributed by atoms with van der Waals surface area (Å²) in [5.41, 5.74) is 0.394. The zero-order valence-corrected chi connectivity index (χ0v) is 13.1. The number of hydrogen-bond donors (Lipinski definition) is 1. The summed E-state index contributed by atoms with van der Waals surface area (Å²) >= 11 is 0. The van der Waals surface area contributed by atoms with Gasteiger partial charge in [-0.3, -0.25) is 4.90 Å². The molecule has 2 aliphatic rings. The van der Waals surface area contributed by atoms with Gasteiger partial charge in [-0.2, -0.15) is 0 Å². The van der Waals surface area contributed by atoms with Gasteiger partial charge in [-0.15, -0.1) is 0 Å². The van der Waals surface area contributed by atoms with Crippen LogP contribution in [-0.4, -0.2) is 48.5 Å². The molecule has 1 saturated heterocycles. The fourth-order valence-electron chi connectivity index (χ4n) is 3.68. The molecule has 1 N–H and O–H groups in total. The molecule has 0 aromatic heterocycles. The molecule has 1 aliphatic carbocycles. The average molecular weight is 269 g/mol. The summed E-state index contributed by atoms with van der Waals surface area (Å²) in [7, 11) is 2.18. The lowest BCUT2D eigenvalue weighted by Crippen LogP contribution is -2.51. The molecular weight excluding hydrogens is 238 g/mol. The fourth-order valence-corrected chi connectivity index (χ4v) is 3.68. The normalized spacial score (nSPS) is 36.9. The van der Waals surface area contributed by atoms with Crippen molar-refractivity contribution in [2.24, 2.45) is 11.3 Å². The minimum Gasteiger partial charge on any atom is -0.391 e. The van der Waals surface area contributed by atoms with Gasteiger partial charge in [0.05, 0.1) is 12.7 Å². The number of nitrogens with zero attached hydrogens (tertiary/aromatic N) is 1. The van der Waals surface area contributed by atoms with Crippen LogP contribution >= 0.6 is 0 Å². The maximum absolute atomic E-state index is 10.4. The lowest BCUT2D eigenvalue weighted by molar-refractivity contribution is -0.0268. The van der Waals surface area contributed by atoms with Crippen LogP contribution in [0.2, 0.25) is 0 Å². The highest BCUT2D eigenvalue weighted by Gasteiger charge is 2.40. The number of ether oxygens (including phenoxy) is 1. The van der Waals surface area contributed by atoms with Crippen LogP contribution in [0.3, 0.4) is 0 Å². The quantitative estimate of drug-likeness (QED) is 0.851. The van der Waals surface area contributed by atoms with Crippen molar-refractivity contribution in [3.63, 3.8) is 0 Å². The van der Waals surface area contributed by atoms with E-state index < -0.39 is 0 Å². The van der Waals surface area contributed by atoms with Crippen molar-refractivity contribution in [3.05, 3.63) is 0 Å². The van der Waals surface area contributed by atoms with Gasteiger partial charge in [-0.25, -0.2) is 0 Å². The first-order chi connectivity index (χ1) is 8.95. The first-order valence-corrected chi connectivity index (χ1v) is 7.93. The zero-order chi connectivity index (χ0) is 14.0. The Balaban J connectivity index is 2.01. The molecule has 0 amide bonds. The van der Waals surface area contributed by atoms with Gasteiger partial charge in [0.1, 0.15) is 0 Å². The minimum absolute atomic E-state index is 0.158. The molecule has 2 rings (SSSR count). The smallest absolute Gasteiger partial charge is 0.0695 e. The van der Waals surface area contributed by atoms with Gasteiger partial charge < -0.3 is 9.84 Å². The summed E-state index contributed by atoms with van der Waals surface area (Å²) in [6, 6.07) is 0.819. The number of likely N-dealkylation sites (N-methyl/N-ethyl adjacent to an activating group) is 1. The lowest BCUT2D eigenvalue weighted by Gasteiger charge is -2.45. The Morgan fingerprint density at radius 2 is 2.00 bits per heavy atom. The van der Waals surface area contributed by atoms with Gasteiger partial charge in [-0.1, -0.05) is 27.2 Å². The lowest BCUT2D eigenvalue weighted by atomic mass is 9.67. The van der Waals surface area contributed by atoms with Crippen molar-refractivity contribution in [1.82, 2.24) is 4.90 Å². The second-order valence-corrected chi connectivity index (χ2v) is 7.17. The van der Waals surface area contributed by atoms with E-state index in [0.29, 0.717) is 17.5 Å². The zero-order valence-electron chi connectivity index (χ0n) is 13.1. The molecule has 4 atom stereocenters. The highest BCUT2D eigenvalue weighted by Crippen LogP contribution is 2.42. The topological polar surface area (TPSA) is 32.7 Å². The van der Waals surface area contributed by atoms with Gasteiger partial charge in [0, 0.05) is 18.7 Å². The molecule has 19 heavy (non-hydrogen) atoms. The fraction of sp³-hybridized carbons (Fsp3) is 1.00. The predicted octanol–water partition coefficient (Wildman–Crippen LogP) is 2.67. The first kappa shape index (κ1) is 15.3. The molecule has 1 aliphatic heterocycles. The predicted molar refractivity (Wildman–Crippen MR) is 78.2 cm³/mol. The second kappa shape index (κ2) is 6.11. The van der Waals surface area contributed by atoms with Crippen LogP contribution in [0.1, 0.15) is 52.9 Å². The highest BCUT2D eigenvalue weighted by molar-refractivity contribution is 4.93. The first-order valence-electron chi connectivity index (χ1n) is 7.93. The number of aliphatic hydroxyl groups excluding tert-OH is 1. The molecule has 0 spiro atoms. The Morgan fingerprint density at radius 3 is 2.58 bits per heavy atom. The molecule has 2 fully saturated rings. The van der Waals surface area contributed by atoms with Crippen LogP contribution in [0.25, 0.3) is 0 Å². The van der Waals surface area contributed by atoms with Gasteiger partial charge in [0.2, 0.25) is 0 Å². The van der Waals surface area contributed by atoms with Crippen molar-refractivity contribution < 1.29 is 9.84 Å². The Labute approximate surface area is 118 Å². The van der Waals surface area contributed by atoms with E-state index in [1.165, 1.54) is 12.8 Å². The molecule has 4 unspecified atom stereocenters.